The second-order valence-corrected chi connectivity index (χ2v) is 9.33. The summed E-state index contributed by atoms with van der Waals surface area (Å²) in [5.41, 5.74) is 0.267. The van der Waals surface area contributed by atoms with Gasteiger partial charge < -0.3 is 19.6 Å². The Kier molecular flexibility index (Phi) is 8.21. The van der Waals surface area contributed by atoms with E-state index in [0.717, 1.165) is 69.8 Å². The van der Waals surface area contributed by atoms with E-state index >= 15 is 0 Å². The summed E-state index contributed by atoms with van der Waals surface area (Å²) < 4.78 is 0. The van der Waals surface area contributed by atoms with E-state index in [1.54, 1.807) is 0 Å². The first-order valence-electron chi connectivity index (χ1n) is 11.6. The van der Waals surface area contributed by atoms with Crippen LogP contribution in [-0.4, -0.2) is 85.0 Å². The number of nitrogens with zero attached hydrogens (tertiary/aromatic N) is 6. The Hall–Kier alpha value is -1.76. The maximum atomic E-state index is 9.52. The molecule has 3 aliphatic rings. The van der Waals surface area contributed by atoms with E-state index in [1.165, 1.54) is 45.4 Å². The molecule has 2 atom stereocenters. The van der Waals surface area contributed by atoms with E-state index in [0.29, 0.717) is 0 Å². The molecule has 3 aliphatic heterocycles. The summed E-state index contributed by atoms with van der Waals surface area (Å²) in [4.78, 5) is 13.3. The first-order chi connectivity index (χ1) is 14.1. The third-order valence-corrected chi connectivity index (χ3v) is 6.62. The van der Waals surface area contributed by atoms with E-state index in [4.69, 9.17) is 6.57 Å². The average Bonchev–Trinajstić information content (AvgIpc) is 3.33. The maximum Gasteiger partial charge on any atom is 0.300 e. The summed E-state index contributed by atoms with van der Waals surface area (Å²) >= 11 is 0. The van der Waals surface area contributed by atoms with Gasteiger partial charge in [0.05, 0.1) is 12.6 Å². The first kappa shape index (κ1) is 21.9. The summed E-state index contributed by atoms with van der Waals surface area (Å²) in [7, 11) is 0. The molecule has 0 spiro atoms. The lowest BCUT2D eigenvalue weighted by molar-refractivity contribution is 0.136. The molecule has 2 unspecified atom stereocenters. The van der Waals surface area contributed by atoms with Gasteiger partial charge in [0, 0.05) is 39.3 Å². The number of likely N-dealkylation sites (tertiary alicyclic amines) is 2. The lowest BCUT2D eigenvalue weighted by atomic mass is 9.92. The highest BCUT2D eigenvalue weighted by molar-refractivity contribution is 5.33. The van der Waals surface area contributed by atoms with Crippen LogP contribution in [0.2, 0.25) is 0 Å². The molecule has 0 amide bonds. The average molecular weight is 399 g/mol. The second kappa shape index (κ2) is 10.9. The van der Waals surface area contributed by atoms with Crippen molar-refractivity contribution in [1.82, 2.24) is 19.6 Å². The minimum Gasteiger partial charge on any atom is -0.365 e. The van der Waals surface area contributed by atoms with E-state index in [2.05, 4.69) is 44.4 Å². The van der Waals surface area contributed by atoms with Gasteiger partial charge in [-0.15, -0.1) is 0 Å². The van der Waals surface area contributed by atoms with Gasteiger partial charge in [0.25, 0.3) is 0 Å². The molecule has 0 bridgehead atoms. The lowest BCUT2D eigenvalue weighted by Gasteiger charge is -2.35. The second-order valence-electron chi connectivity index (χ2n) is 9.33. The number of piperidine rings is 1. The van der Waals surface area contributed by atoms with Crippen LogP contribution in [0.3, 0.4) is 0 Å². The van der Waals surface area contributed by atoms with Crippen molar-refractivity contribution in [3.8, 4) is 6.07 Å². The fourth-order valence-corrected chi connectivity index (χ4v) is 5.46. The zero-order valence-electron chi connectivity index (χ0n) is 18.4. The molecule has 6 heteroatoms. The Morgan fingerprint density at radius 2 is 1.48 bits per heavy atom. The van der Waals surface area contributed by atoms with Crippen molar-refractivity contribution in [1.29, 1.82) is 5.26 Å². The van der Waals surface area contributed by atoms with E-state index in [9.17, 15) is 5.26 Å². The summed E-state index contributed by atoms with van der Waals surface area (Å²) in [6.07, 6.45) is 6.21. The summed E-state index contributed by atoms with van der Waals surface area (Å²) in [6.45, 7) is 23.1. The molecular weight excluding hydrogens is 360 g/mol. The van der Waals surface area contributed by atoms with Gasteiger partial charge in [-0.3, -0.25) is 0 Å². The molecule has 160 valence electrons. The van der Waals surface area contributed by atoms with Crippen molar-refractivity contribution in [2.24, 2.45) is 11.8 Å². The van der Waals surface area contributed by atoms with Crippen molar-refractivity contribution in [2.75, 3.05) is 65.4 Å². The lowest BCUT2D eigenvalue weighted by Crippen LogP contribution is -2.40. The normalized spacial score (nSPS) is 27.9. The van der Waals surface area contributed by atoms with E-state index < -0.39 is 0 Å². The third-order valence-electron chi connectivity index (χ3n) is 6.62. The third kappa shape index (κ3) is 6.11. The predicted molar refractivity (Wildman–Crippen MR) is 117 cm³/mol. The van der Waals surface area contributed by atoms with Crippen molar-refractivity contribution in [3.05, 3.63) is 22.9 Å². The number of hydrogen-bond donors (Lipinski definition) is 0. The van der Waals surface area contributed by atoms with Crippen molar-refractivity contribution in [2.45, 2.75) is 46.0 Å². The molecule has 3 saturated heterocycles. The van der Waals surface area contributed by atoms with Crippen molar-refractivity contribution < 1.29 is 0 Å². The van der Waals surface area contributed by atoms with Gasteiger partial charge in [-0.1, -0.05) is 13.8 Å². The van der Waals surface area contributed by atoms with E-state index in [1.807, 2.05) is 0 Å². The van der Waals surface area contributed by atoms with Gasteiger partial charge in [0.1, 0.15) is 5.82 Å². The molecule has 0 radical (unpaired) electrons. The highest BCUT2D eigenvalue weighted by atomic mass is 15.4. The van der Waals surface area contributed by atoms with Crippen LogP contribution in [0.5, 0.6) is 0 Å². The van der Waals surface area contributed by atoms with Crippen LogP contribution < -0.4 is 0 Å². The Balaban J connectivity index is 1.51. The van der Waals surface area contributed by atoms with Crippen LogP contribution >= 0.6 is 0 Å². The molecule has 0 N–H and O–H groups in total. The standard InChI is InChI=1S/C23H38N6/c1-20-16-21(2)19-27(18-20)11-7-13-29-15-14-28(23(29)22(17-24)25-3)12-6-10-26-8-4-5-9-26/h20-21H,4-16,18-19H2,1-2H3. The molecule has 3 fully saturated rings. The molecule has 3 heterocycles. The maximum absolute atomic E-state index is 9.52. The number of rotatable bonds is 8. The van der Waals surface area contributed by atoms with Gasteiger partial charge in [-0.25, -0.2) is 10.1 Å². The minimum absolute atomic E-state index is 0.267. The summed E-state index contributed by atoms with van der Waals surface area (Å²) in [5, 5.41) is 9.52. The number of nitriles is 1. The Morgan fingerprint density at radius 3 is 2.00 bits per heavy atom. The first-order valence-corrected chi connectivity index (χ1v) is 11.6. The molecule has 0 saturated carbocycles. The molecular formula is C23H38N6. The van der Waals surface area contributed by atoms with Crippen LogP contribution in [0.25, 0.3) is 4.85 Å². The molecule has 0 aromatic carbocycles. The van der Waals surface area contributed by atoms with Crippen molar-refractivity contribution in [3.63, 3.8) is 0 Å². The Labute approximate surface area is 177 Å². The van der Waals surface area contributed by atoms with Gasteiger partial charge in [-0.2, -0.15) is 0 Å². The molecule has 29 heavy (non-hydrogen) atoms. The summed E-state index contributed by atoms with van der Waals surface area (Å²) in [5.74, 6) is 2.48. The Morgan fingerprint density at radius 1 is 0.931 bits per heavy atom. The van der Waals surface area contributed by atoms with Gasteiger partial charge in [0.15, 0.2) is 0 Å². The Bertz CT molecular complexity index is 613. The van der Waals surface area contributed by atoms with Gasteiger partial charge >= 0.3 is 5.70 Å². The van der Waals surface area contributed by atoms with E-state index in [-0.39, 0.29) is 5.70 Å². The van der Waals surface area contributed by atoms with Crippen LogP contribution in [-0.2, 0) is 0 Å². The quantitative estimate of drug-likeness (QED) is 0.464. The van der Waals surface area contributed by atoms with Crippen LogP contribution in [0.15, 0.2) is 11.5 Å². The number of hydrogen-bond acceptors (Lipinski definition) is 5. The molecule has 3 rings (SSSR count). The van der Waals surface area contributed by atoms with Crippen LogP contribution in [0.4, 0.5) is 0 Å². The summed E-state index contributed by atoms with van der Waals surface area (Å²) in [6, 6.07) is 2.16. The fraction of sp³-hybridized carbons (Fsp3) is 0.826. The zero-order valence-corrected chi connectivity index (χ0v) is 18.4. The topological polar surface area (TPSA) is 41.1 Å². The highest BCUT2D eigenvalue weighted by Gasteiger charge is 2.28. The van der Waals surface area contributed by atoms with Gasteiger partial charge in [-0.05, 0) is 70.1 Å². The largest absolute Gasteiger partial charge is 0.365 e. The number of allylic oxidation sites excluding steroid dienone is 1. The van der Waals surface area contributed by atoms with Crippen LogP contribution in [0.1, 0.15) is 46.0 Å². The highest BCUT2D eigenvalue weighted by Crippen LogP contribution is 2.25. The molecule has 0 aromatic rings. The predicted octanol–water partition coefficient (Wildman–Crippen LogP) is 3.07. The molecule has 0 aromatic heterocycles. The smallest absolute Gasteiger partial charge is 0.300 e. The fourth-order valence-electron chi connectivity index (χ4n) is 5.46. The molecule has 6 nitrogen and oxygen atoms in total. The minimum atomic E-state index is 0.267. The van der Waals surface area contributed by atoms with Gasteiger partial charge in [0.2, 0.25) is 0 Å². The van der Waals surface area contributed by atoms with Crippen molar-refractivity contribution >= 4 is 0 Å². The zero-order chi connectivity index (χ0) is 20.6. The SMILES string of the molecule is [C-]#[N+]C(C#N)=C1N(CCCN2CCCC2)CCN1CCCN1CC(C)CC(C)C1. The van der Waals surface area contributed by atoms with Crippen LogP contribution in [0, 0.1) is 29.7 Å². The monoisotopic (exact) mass is 398 g/mol. The molecule has 0 aliphatic carbocycles.